The maximum atomic E-state index is 12.4. The molecule has 0 amide bonds. The second-order valence-electron chi connectivity index (χ2n) is 6.44. The third-order valence-electron chi connectivity index (χ3n) is 5.53. The van der Waals surface area contributed by atoms with E-state index in [4.69, 9.17) is 4.43 Å². The van der Waals surface area contributed by atoms with Gasteiger partial charge in [-0.25, -0.2) is 0 Å². The Balaban J connectivity index is 2.17. The third kappa shape index (κ3) is 2.66. The number of hydrogen-bond acceptors (Lipinski definition) is 2. The Morgan fingerprint density at radius 3 is 1.67 bits per heavy atom. The molecule has 0 saturated heterocycles. The van der Waals surface area contributed by atoms with E-state index in [-0.39, 0.29) is 11.4 Å². The number of carbonyl (C=O) groups is 1. The van der Waals surface area contributed by atoms with Crippen molar-refractivity contribution in [2.24, 2.45) is 17.3 Å². The van der Waals surface area contributed by atoms with E-state index in [1.807, 2.05) is 0 Å². The third-order valence-corrected chi connectivity index (χ3v) is 5.90. The van der Waals surface area contributed by atoms with Gasteiger partial charge in [-0.15, -0.1) is 0 Å². The molecular formula is C15H28O2Si. The molecule has 0 spiro atoms. The fourth-order valence-electron chi connectivity index (χ4n) is 4.29. The SMILES string of the molecule is CC(C(=O)O[SiH3])(C1CCCCC1)C1CCCCC1. The van der Waals surface area contributed by atoms with E-state index >= 15 is 0 Å². The van der Waals surface area contributed by atoms with Gasteiger partial charge in [-0.3, -0.25) is 4.79 Å². The van der Waals surface area contributed by atoms with Gasteiger partial charge in [0.1, 0.15) is 0 Å². The smallest absolute Gasteiger partial charge is 0.298 e. The summed E-state index contributed by atoms with van der Waals surface area (Å²) in [6.45, 7) is 2.22. The van der Waals surface area contributed by atoms with Crippen molar-refractivity contribution in [2.75, 3.05) is 0 Å². The van der Waals surface area contributed by atoms with Gasteiger partial charge >= 0.3 is 0 Å². The van der Waals surface area contributed by atoms with Gasteiger partial charge in [0.2, 0.25) is 10.5 Å². The highest BCUT2D eigenvalue weighted by Crippen LogP contribution is 2.49. The van der Waals surface area contributed by atoms with Crippen molar-refractivity contribution in [3.8, 4) is 0 Å². The summed E-state index contributed by atoms with van der Waals surface area (Å²) in [5.74, 6) is 1.28. The lowest BCUT2D eigenvalue weighted by molar-refractivity contribution is -0.154. The van der Waals surface area contributed by atoms with E-state index in [1.54, 1.807) is 0 Å². The minimum atomic E-state index is -0.178. The molecule has 0 aromatic rings. The molecule has 0 bridgehead atoms. The predicted octanol–water partition coefficient (Wildman–Crippen LogP) is 2.98. The van der Waals surface area contributed by atoms with Crippen LogP contribution in [0, 0.1) is 17.3 Å². The Bertz CT molecular complexity index is 260. The molecule has 0 aliphatic heterocycles. The first-order valence-electron chi connectivity index (χ1n) is 7.78. The Morgan fingerprint density at radius 2 is 1.33 bits per heavy atom. The lowest BCUT2D eigenvalue weighted by atomic mass is 9.60. The Hall–Kier alpha value is -0.313. The van der Waals surface area contributed by atoms with Crippen LogP contribution in [0.1, 0.15) is 71.1 Å². The van der Waals surface area contributed by atoms with Crippen LogP contribution >= 0.6 is 0 Å². The van der Waals surface area contributed by atoms with Crippen molar-refractivity contribution in [3.63, 3.8) is 0 Å². The van der Waals surface area contributed by atoms with Gasteiger partial charge in [-0.1, -0.05) is 38.5 Å². The van der Waals surface area contributed by atoms with Gasteiger partial charge < -0.3 is 4.43 Å². The summed E-state index contributed by atoms with van der Waals surface area (Å²) in [5.41, 5.74) is -0.178. The van der Waals surface area contributed by atoms with E-state index in [9.17, 15) is 4.79 Å². The zero-order chi connectivity index (χ0) is 13.0. The zero-order valence-corrected chi connectivity index (χ0v) is 14.0. The van der Waals surface area contributed by atoms with Crippen LogP contribution < -0.4 is 0 Å². The molecule has 0 aromatic carbocycles. The maximum Gasteiger partial charge on any atom is 0.298 e. The zero-order valence-electron chi connectivity index (χ0n) is 12.0. The van der Waals surface area contributed by atoms with Gasteiger partial charge in [-0.05, 0) is 44.4 Å². The van der Waals surface area contributed by atoms with Crippen LogP contribution in [0.3, 0.4) is 0 Å². The van der Waals surface area contributed by atoms with Crippen molar-refractivity contribution >= 4 is 16.5 Å². The van der Waals surface area contributed by atoms with Crippen LogP contribution in [0.2, 0.25) is 0 Å². The molecule has 3 heteroatoms. The first-order chi connectivity index (χ1) is 8.69. The molecule has 2 fully saturated rings. The fourth-order valence-corrected chi connectivity index (χ4v) is 4.73. The van der Waals surface area contributed by atoms with E-state index in [0.717, 1.165) is 0 Å². The summed E-state index contributed by atoms with van der Waals surface area (Å²) >= 11 is 0. The maximum absolute atomic E-state index is 12.4. The van der Waals surface area contributed by atoms with Crippen molar-refractivity contribution < 1.29 is 9.22 Å². The summed E-state index contributed by atoms with van der Waals surface area (Å²) in [5, 5.41) is 0. The van der Waals surface area contributed by atoms with Crippen molar-refractivity contribution in [1.82, 2.24) is 0 Å². The van der Waals surface area contributed by atoms with Crippen molar-refractivity contribution in [2.45, 2.75) is 71.1 Å². The van der Waals surface area contributed by atoms with Crippen molar-refractivity contribution in [1.29, 1.82) is 0 Å². The quantitative estimate of drug-likeness (QED) is 0.736. The summed E-state index contributed by atoms with van der Waals surface area (Å²) in [6, 6.07) is 0. The highest BCUT2D eigenvalue weighted by molar-refractivity contribution is 6.06. The van der Waals surface area contributed by atoms with Gasteiger partial charge in [0, 0.05) is 0 Å². The lowest BCUT2D eigenvalue weighted by Crippen LogP contribution is -2.45. The Kier molecular flexibility index (Phi) is 4.88. The van der Waals surface area contributed by atoms with E-state index in [0.29, 0.717) is 22.3 Å². The molecule has 18 heavy (non-hydrogen) atoms. The van der Waals surface area contributed by atoms with Gasteiger partial charge in [0.15, 0.2) is 0 Å². The molecule has 2 saturated carbocycles. The first-order valence-corrected chi connectivity index (χ1v) is 8.59. The molecule has 0 heterocycles. The summed E-state index contributed by atoms with van der Waals surface area (Å²) in [4.78, 5) is 12.4. The standard InChI is InChI=1S/C15H28O2Si/c1-15(14(16)17-18,12-8-4-2-5-9-12)13-10-6-3-7-11-13/h12-13H,2-11H2,1,18H3. The van der Waals surface area contributed by atoms with Crippen LogP contribution in [0.4, 0.5) is 0 Å². The van der Waals surface area contributed by atoms with Crippen LogP contribution in [0.5, 0.6) is 0 Å². The van der Waals surface area contributed by atoms with Gasteiger partial charge in [0.25, 0.3) is 5.97 Å². The molecule has 2 aliphatic rings. The molecule has 0 aromatic heterocycles. The number of carbonyl (C=O) groups excluding carboxylic acids is 1. The van der Waals surface area contributed by atoms with Crippen LogP contribution in [0.15, 0.2) is 0 Å². The van der Waals surface area contributed by atoms with Crippen LogP contribution in [0.25, 0.3) is 0 Å². The minimum Gasteiger partial charge on any atom is -0.528 e. The second-order valence-corrected chi connectivity index (χ2v) is 6.85. The number of hydrogen-bond donors (Lipinski definition) is 0. The average Bonchev–Trinajstić information content (AvgIpc) is 2.47. The average molecular weight is 268 g/mol. The highest BCUT2D eigenvalue weighted by Gasteiger charge is 2.48. The molecule has 2 nitrogen and oxygen atoms in total. The summed E-state index contributed by atoms with van der Waals surface area (Å²) in [6.07, 6.45) is 12.9. The highest BCUT2D eigenvalue weighted by atomic mass is 28.2. The molecular weight excluding hydrogens is 240 g/mol. The lowest BCUT2D eigenvalue weighted by Gasteiger charge is -2.44. The first kappa shape index (κ1) is 14.1. The fraction of sp³-hybridized carbons (Fsp3) is 0.933. The van der Waals surface area contributed by atoms with E-state index in [1.165, 1.54) is 64.2 Å². The summed E-state index contributed by atoms with van der Waals surface area (Å²) in [7, 11) is 0.545. The van der Waals surface area contributed by atoms with Crippen LogP contribution in [-0.2, 0) is 9.22 Å². The molecule has 0 radical (unpaired) electrons. The monoisotopic (exact) mass is 268 g/mol. The Morgan fingerprint density at radius 1 is 0.944 bits per heavy atom. The number of rotatable bonds is 3. The molecule has 0 unspecified atom stereocenters. The molecule has 2 rings (SSSR count). The molecule has 0 atom stereocenters. The van der Waals surface area contributed by atoms with Gasteiger partial charge in [0.05, 0.1) is 5.41 Å². The van der Waals surface area contributed by atoms with Gasteiger partial charge in [-0.2, -0.15) is 0 Å². The Labute approximate surface area is 114 Å². The molecule has 104 valence electrons. The summed E-state index contributed by atoms with van der Waals surface area (Å²) < 4.78 is 5.32. The second kappa shape index (κ2) is 6.22. The largest absolute Gasteiger partial charge is 0.528 e. The predicted molar refractivity (Wildman–Crippen MR) is 77.3 cm³/mol. The van der Waals surface area contributed by atoms with E-state index in [2.05, 4.69) is 6.92 Å². The van der Waals surface area contributed by atoms with E-state index < -0.39 is 0 Å². The molecule has 0 N–H and O–H groups in total. The topological polar surface area (TPSA) is 26.3 Å². The molecule has 2 aliphatic carbocycles. The normalized spacial score (nSPS) is 24.1. The minimum absolute atomic E-state index is 0.118. The van der Waals surface area contributed by atoms with Crippen LogP contribution in [-0.4, -0.2) is 16.5 Å². The van der Waals surface area contributed by atoms with Crippen molar-refractivity contribution in [3.05, 3.63) is 0 Å².